The van der Waals surface area contributed by atoms with Crippen molar-refractivity contribution in [3.63, 3.8) is 0 Å². The standard InChI is InChI=1S/C16H31NO2/c1-5-17-14(15(2,3)4)13-6-9-19-16(12-13)7-10-18-11-8-16/h13-14,17H,5-12H2,1-4H3. The molecular formula is C16H31NO2. The summed E-state index contributed by atoms with van der Waals surface area (Å²) < 4.78 is 11.7. The first kappa shape index (κ1) is 15.3. The van der Waals surface area contributed by atoms with Crippen LogP contribution in [0.1, 0.15) is 53.4 Å². The Kier molecular flexibility index (Phi) is 4.91. The summed E-state index contributed by atoms with van der Waals surface area (Å²) in [7, 11) is 0. The molecule has 0 saturated carbocycles. The highest BCUT2D eigenvalue weighted by atomic mass is 16.5. The lowest BCUT2D eigenvalue weighted by Crippen LogP contribution is -2.53. The van der Waals surface area contributed by atoms with E-state index in [1.165, 1.54) is 12.8 Å². The van der Waals surface area contributed by atoms with E-state index in [4.69, 9.17) is 9.47 Å². The van der Waals surface area contributed by atoms with Gasteiger partial charge in [-0.25, -0.2) is 0 Å². The second-order valence-corrected chi connectivity index (χ2v) is 7.30. The van der Waals surface area contributed by atoms with Crippen molar-refractivity contribution in [1.29, 1.82) is 0 Å². The summed E-state index contributed by atoms with van der Waals surface area (Å²) in [4.78, 5) is 0. The Morgan fingerprint density at radius 2 is 1.89 bits per heavy atom. The number of hydrogen-bond donors (Lipinski definition) is 1. The molecule has 3 heteroatoms. The van der Waals surface area contributed by atoms with Gasteiger partial charge >= 0.3 is 0 Å². The maximum atomic E-state index is 6.17. The Bertz CT molecular complexity index is 273. The lowest BCUT2D eigenvalue weighted by molar-refractivity contribution is -0.153. The molecule has 0 aromatic carbocycles. The fourth-order valence-corrected chi connectivity index (χ4v) is 3.84. The SMILES string of the molecule is CCNC(C1CCOC2(CCOCC2)C1)C(C)(C)C. The van der Waals surface area contributed by atoms with Gasteiger partial charge in [0.15, 0.2) is 0 Å². The fraction of sp³-hybridized carbons (Fsp3) is 1.00. The number of ether oxygens (including phenoxy) is 2. The molecule has 2 heterocycles. The van der Waals surface area contributed by atoms with E-state index in [1.54, 1.807) is 0 Å². The molecule has 0 bridgehead atoms. The third kappa shape index (κ3) is 3.71. The van der Waals surface area contributed by atoms with Gasteiger partial charge in [0.1, 0.15) is 0 Å². The molecule has 0 radical (unpaired) electrons. The van der Waals surface area contributed by atoms with Gasteiger partial charge in [0, 0.05) is 25.9 Å². The van der Waals surface area contributed by atoms with Gasteiger partial charge in [0.2, 0.25) is 0 Å². The molecule has 112 valence electrons. The van der Waals surface area contributed by atoms with Crippen LogP contribution in [0.15, 0.2) is 0 Å². The Hall–Kier alpha value is -0.120. The van der Waals surface area contributed by atoms with Crippen LogP contribution in [0.5, 0.6) is 0 Å². The van der Waals surface area contributed by atoms with Crippen LogP contribution >= 0.6 is 0 Å². The molecule has 2 saturated heterocycles. The number of hydrogen-bond acceptors (Lipinski definition) is 3. The molecule has 19 heavy (non-hydrogen) atoms. The minimum Gasteiger partial charge on any atom is -0.381 e. The minimum atomic E-state index is 0.111. The molecule has 0 aromatic rings. The largest absolute Gasteiger partial charge is 0.381 e. The van der Waals surface area contributed by atoms with Crippen LogP contribution in [0.4, 0.5) is 0 Å². The summed E-state index contributed by atoms with van der Waals surface area (Å²) in [5.74, 6) is 0.729. The highest BCUT2D eigenvalue weighted by Crippen LogP contribution is 2.41. The highest BCUT2D eigenvalue weighted by molar-refractivity contribution is 4.95. The Balaban J connectivity index is 2.06. The molecule has 2 atom stereocenters. The van der Waals surface area contributed by atoms with Crippen molar-refractivity contribution >= 4 is 0 Å². The predicted molar refractivity (Wildman–Crippen MR) is 78.4 cm³/mol. The van der Waals surface area contributed by atoms with Crippen LogP contribution in [0.3, 0.4) is 0 Å². The van der Waals surface area contributed by atoms with E-state index < -0.39 is 0 Å². The molecule has 2 unspecified atom stereocenters. The van der Waals surface area contributed by atoms with E-state index in [9.17, 15) is 0 Å². The monoisotopic (exact) mass is 269 g/mol. The summed E-state index contributed by atoms with van der Waals surface area (Å²) in [6.07, 6.45) is 4.54. The summed E-state index contributed by atoms with van der Waals surface area (Å²) in [5.41, 5.74) is 0.421. The van der Waals surface area contributed by atoms with E-state index >= 15 is 0 Å². The Morgan fingerprint density at radius 1 is 1.21 bits per heavy atom. The molecule has 0 aromatic heterocycles. The smallest absolute Gasteiger partial charge is 0.0729 e. The average Bonchev–Trinajstić information content (AvgIpc) is 2.35. The predicted octanol–water partition coefficient (Wildman–Crippen LogP) is 2.99. The second-order valence-electron chi connectivity index (χ2n) is 7.30. The van der Waals surface area contributed by atoms with Gasteiger partial charge in [-0.3, -0.25) is 0 Å². The van der Waals surface area contributed by atoms with Crippen LogP contribution in [0.2, 0.25) is 0 Å². The molecule has 2 aliphatic rings. The molecule has 1 N–H and O–H groups in total. The van der Waals surface area contributed by atoms with Gasteiger partial charge in [-0.1, -0.05) is 27.7 Å². The molecular weight excluding hydrogens is 238 g/mol. The van der Waals surface area contributed by atoms with Crippen molar-refractivity contribution in [1.82, 2.24) is 5.32 Å². The van der Waals surface area contributed by atoms with Crippen LogP contribution in [-0.2, 0) is 9.47 Å². The topological polar surface area (TPSA) is 30.5 Å². The van der Waals surface area contributed by atoms with Crippen LogP contribution in [0.25, 0.3) is 0 Å². The quantitative estimate of drug-likeness (QED) is 0.854. The van der Waals surface area contributed by atoms with E-state index in [0.29, 0.717) is 11.5 Å². The third-order valence-electron chi connectivity index (χ3n) is 4.76. The van der Waals surface area contributed by atoms with E-state index in [0.717, 1.165) is 45.1 Å². The summed E-state index contributed by atoms with van der Waals surface area (Å²) in [6.45, 7) is 13.0. The molecule has 0 aliphatic carbocycles. The maximum absolute atomic E-state index is 6.17. The number of nitrogens with one attached hydrogen (secondary N) is 1. The Labute approximate surface area is 118 Å². The van der Waals surface area contributed by atoms with Gasteiger partial charge in [0.25, 0.3) is 0 Å². The van der Waals surface area contributed by atoms with Crippen LogP contribution in [0, 0.1) is 11.3 Å². The first-order chi connectivity index (χ1) is 8.97. The van der Waals surface area contributed by atoms with Gasteiger partial charge in [-0.05, 0) is 43.6 Å². The van der Waals surface area contributed by atoms with Crippen molar-refractivity contribution in [2.45, 2.75) is 65.0 Å². The van der Waals surface area contributed by atoms with Crippen LogP contribution < -0.4 is 5.32 Å². The zero-order chi connectivity index (χ0) is 13.9. The molecule has 2 fully saturated rings. The Morgan fingerprint density at radius 3 is 2.47 bits per heavy atom. The molecule has 3 nitrogen and oxygen atoms in total. The minimum absolute atomic E-state index is 0.111. The van der Waals surface area contributed by atoms with E-state index in [2.05, 4.69) is 33.0 Å². The van der Waals surface area contributed by atoms with Gasteiger partial charge < -0.3 is 14.8 Å². The van der Waals surface area contributed by atoms with Crippen molar-refractivity contribution in [2.75, 3.05) is 26.4 Å². The zero-order valence-electron chi connectivity index (χ0n) is 13.1. The third-order valence-corrected chi connectivity index (χ3v) is 4.76. The molecule has 2 aliphatic heterocycles. The van der Waals surface area contributed by atoms with Crippen molar-refractivity contribution in [3.05, 3.63) is 0 Å². The van der Waals surface area contributed by atoms with Crippen molar-refractivity contribution in [2.24, 2.45) is 11.3 Å². The fourth-order valence-electron chi connectivity index (χ4n) is 3.84. The highest BCUT2D eigenvalue weighted by Gasteiger charge is 2.43. The van der Waals surface area contributed by atoms with Crippen LogP contribution in [-0.4, -0.2) is 38.0 Å². The van der Waals surface area contributed by atoms with E-state index in [-0.39, 0.29) is 5.60 Å². The van der Waals surface area contributed by atoms with Gasteiger partial charge in [0.05, 0.1) is 5.60 Å². The first-order valence-corrected chi connectivity index (χ1v) is 7.92. The lowest BCUT2D eigenvalue weighted by atomic mass is 9.71. The summed E-state index contributed by atoms with van der Waals surface area (Å²) >= 11 is 0. The normalized spacial score (nSPS) is 29.4. The van der Waals surface area contributed by atoms with Crippen molar-refractivity contribution in [3.8, 4) is 0 Å². The molecule has 1 spiro atoms. The first-order valence-electron chi connectivity index (χ1n) is 7.92. The lowest BCUT2D eigenvalue weighted by Gasteiger charge is -2.48. The van der Waals surface area contributed by atoms with Gasteiger partial charge in [-0.15, -0.1) is 0 Å². The second kappa shape index (κ2) is 6.11. The summed E-state index contributed by atoms with van der Waals surface area (Å²) in [6, 6.07) is 0.584. The maximum Gasteiger partial charge on any atom is 0.0729 e. The van der Waals surface area contributed by atoms with Gasteiger partial charge in [-0.2, -0.15) is 0 Å². The van der Waals surface area contributed by atoms with Crippen molar-refractivity contribution < 1.29 is 9.47 Å². The zero-order valence-corrected chi connectivity index (χ0v) is 13.1. The molecule has 2 rings (SSSR count). The molecule has 0 amide bonds. The van der Waals surface area contributed by atoms with E-state index in [1.807, 2.05) is 0 Å². The average molecular weight is 269 g/mol. The number of rotatable bonds is 3. The summed E-state index contributed by atoms with van der Waals surface area (Å²) in [5, 5.41) is 3.73.